The average molecular weight is 736 g/mol. The van der Waals surface area contributed by atoms with Crippen LogP contribution in [0, 0.1) is 0 Å². The van der Waals surface area contributed by atoms with Crippen molar-refractivity contribution in [3.05, 3.63) is 216 Å². The van der Waals surface area contributed by atoms with Gasteiger partial charge in [-0.05, 0) is 77.1 Å². The molecule has 6 aromatic carbocycles. The van der Waals surface area contributed by atoms with Gasteiger partial charge in [0.2, 0.25) is 5.96 Å². The van der Waals surface area contributed by atoms with E-state index in [0.717, 1.165) is 34.6 Å². The van der Waals surface area contributed by atoms with Crippen molar-refractivity contribution in [2.75, 3.05) is 0 Å². The standard InChI is InChI=1S/C52H41N5/c1-34-41(38-28-30-47-44(33-38)42-24-11-13-26-45(42)56(47)40-22-9-4-10-23-40)29-31-48-49(34)43-25-12-14-27-46(43)57(48)52-54-50(36-18-7-3-8-19-36)53-51(55-52)39-21-15-20-37(32-39)35-16-5-2-6-17-35/h2-19,21-34,37,41,50H,20H2,1H3,(H,53,54,55). The van der Waals surface area contributed by atoms with Gasteiger partial charge >= 0.3 is 0 Å². The highest BCUT2D eigenvalue weighted by Crippen LogP contribution is 2.46. The molecule has 1 aliphatic heterocycles. The summed E-state index contributed by atoms with van der Waals surface area (Å²) in [5, 5.41) is 7.51. The number of amidine groups is 1. The molecule has 0 bridgehead atoms. The molecule has 11 rings (SSSR count). The zero-order chi connectivity index (χ0) is 37.9. The van der Waals surface area contributed by atoms with Crippen molar-refractivity contribution in [2.24, 2.45) is 9.98 Å². The summed E-state index contributed by atoms with van der Waals surface area (Å²) in [5.74, 6) is 2.21. The summed E-state index contributed by atoms with van der Waals surface area (Å²) in [6.07, 6.45) is 12.2. The first-order valence-corrected chi connectivity index (χ1v) is 20.0. The Morgan fingerprint density at radius 2 is 1.25 bits per heavy atom. The van der Waals surface area contributed by atoms with Crippen LogP contribution < -0.4 is 5.32 Å². The molecule has 57 heavy (non-hydrogen) atoms. The smallest absolute Gasteiger partial charge is 0.234 e. The number of rotatable bonds is 5. The maximum atomic E-state index is 5.37. The third-order valence-electron chi connectivity index (χ3n) is 12.1. The molecule has 4 unspecified atom stereocenters. The largest absolute Gasteiger partial charge is 0.344 e. The van der Waals surface area contributed by atoms with Gasteiger partial charge in [-0.2, -0.15) is 4.99 Å². The molecule has 5 nitrogen and oxygen atoms in total. The molecule has 2 aromatic heterocycles. The van der Waals surface area contributed by atoms with Crippen LogP contribution in [0.15, 0.2) is 198 Å². The second-order valence-corrected chi connectivity index (χ2v) is 15.4. The normalized spacial score (nSPS) is 20.3. The fraction of sp³-hybridized carbons (Fsp3) is 0.115. The first kappa shape index (κ1) is 33.4. The predicted molar refractivity (Wildman–Crippen MR) is 237 cm³/mol. The fourth-order valence-electron chi connectivity index (χ4n) is 9.40. The van der Waals surface area contributed by atoms with Crippen molar-refractivity contribution in [1.82, 2.24) is 14.5 Å². The first-order valence-electron chi connectivity index (χ1n) is 20.0. The van der Waals surface area contributed by atoms with E-state index < -0.39 is 0 Å². The molecule has 4 atom stereocenters. The third-order valence-corrected chi connectivity index (χ3v) is 12.1. The molecule has 0 fully saturated rings. The second-order valence-electron chi connectivity index (χ2n) is 15.4. The summed E-state index contributed by atoms with van der Waals surface area (Å²) in [7, 11) is 0. The minimum absolute atomic E-state index is 0.193. The fourth-order valence-corrected chi connectivity index (χ4v) is 9.40. The lowest BCUT2D eigenvalue weighted by Crippen LogP contribution is -2.36. The Labute approximate surface area is 332 Å². The highest BCUT2D eigenvalue weighted by Gasteiger charge is 2.32. The SMILES string of the molecule is CC1c2c(n(C3=NC(c4ccccc4)NC(C4=CC(c5ccccc5)CC=C4)=N3)c3ccccc23)C=CC1c1ccc2c(c1)c1ccccc1n2-c1ccccc1. The lowest BCUT2D eigenvalue weighted by atomic mass is 9.78. The van der Waals surface area contributed by atoms with Crippen LogP contribution in [-0.2, 0) is 0 Å². The van der Waals surface area contributed by atoms with Crippen LogP contribution in [0.3, 0.4) is 0 Å². The zero-order valence-corrected chi connectivity index (χ0v) is 31.7. The lowest BCUT2D eigenvalue weighted by molar-refractivity contribution is 0.661. The van der Waals surface area contributed by atoms with Crippen molar-refractivity contribution in [3.8, 4) is 5.69 Å². The number of nitrogens with zero attached hydrogens (tertiary/aromatic N) is 4. The molecule has 3 aliphatic rings. The summed E-state index contributed by atoms with van der Waals surface area (Å²) in [5.41, 5.74) is 12.0. The number of hydrogen-bond donors (Lipinski definition) is 1. The van der Waals surface area contributed by atoms with Gasteiger partial charge < -0.3 is 9.88 Å². The quantitative estimate of drug-likeness (QED) is 0.188. The van der Waals surface area contributed by atoms with Gasteiger partial charge in [-0.15, -0.1) is 0 Å². The van der Waals surface area contributed by atoms with Crippen LogP contribution in [0.2, 0.25) is 0 Å². The van der Waals surface area contributed by atoms with E-state index in [2.05, 4.69) is 209 Å². The van der Waals surface area contributed by atoms with E-state index in [1.54, 1.807) is 0 Å². The Morgan fingerprint density at radius 1 is 0.596 bits per heavy atom. The lowest BCUT2D eigenvalue weighted by Gasteiger charge is -2.28. The summed E-state index contributed by atoms with van der Waals surface area (Å²) in [4.78, 5) is 10.7. The number of hydrogen-bond acceptors (Lipinski definition) is 3. The molecule has 274 valence electrons. The van der Waals surface area contributed by atoms with E-state index in [9.17, 15) is 0 Å². The molecule has 8 aromatic rings. The topological polar surface area (TPSA) is 46.6 Å². The van der Waals surface area contributed by atoms with Gasteiger partial charge in [-0.3, -0.25) is 4.57 Å². The highest BCUT2D eigenvalue weighted by atomic mass is 15.3. The molecule has 0 radical (unpaired) electrons. The number of nitrogens with one attached hydrogen (secondary N) is 1. The number of aliphatic imine (C=N–C) groups is 2. The molecule has 5 heteroatoms. The van der Waals surface area contributed by atoms with Gasteiger partial charge in [0.05, 0.1) is 22.2 Å². The van der Waals surface area contributed by atoms with Crippen molar-refractivity contribution in [2.45, 2.75) is 37.3 Å². The maximum absolute atomic E-state index is 5.37. The summed E-state index contributed by atoms with van der Waals surface area (Å²) < 4.78 is 4.68. The van der Waals surface area contributed by atoms with E-state index in [0.29, 0.717) is 5.96 Å². The van der Waals surface area contributed by atoms with Crippen LogP contribution >= 0.6 is 0 Å². The highest BCUT2D eigenvalue weighted by molar-refractivity contribution is 6.12. The van der Waals surface area contributed by atoms with Crippen LogP contribution in [0.25, 0.3) is 44.5 Å². The molecule has 0 saturated heterocycles. The summed E-state index contributed by atoms with van der Waals surface area (Å²) in [6, 6.07) is 56.6. The maximum Gasteiger partial charge on any atom is 0.234 e. The Balaban J connectivity index is 1.03. The van der Waals surface area contributed by atoms with Gasteiger partial charge in [0.1, 0.15) is 12.0 Å². The molecule has 0 spiro atoms. The van der Waals surface area contributed by atoms with E-state index >= 15 is 0 Å². The number of fused-ring (bicyclic) bond motifs is 6. The monoisotopic (exact) mass is 735 g/mol. The Morgan fingerprint density at radius 3 is 2.02 bits per heavy atom. The minimum Gasteiger partial charge on any atom is -0.344 e. The van der Waals surface area contributed by atoms with E-state index in [-0.39, 0.29) is 23.9 Å². The minimum atomic E-state index is -0.292. The first-order chi connectivity index (χ1) is 28.2. The van der Waals surface area contributed by atoms with Crippen molar-refractivity contribution in [1.29, 1.82) is 0 Å². The number of allylic oxidation sites excluding steroid dienone is 3. The molecular formula is C52H41N5. The Bertz CT molecular complexity index is 2980. The van der Waals surface area contributed by atoms with Crippen molar-refractivity contribution < 1.29 is 0 Å². The van der Waals surface area contributed by atoms with Gasteiger partial charge in [-0.1, -0.05) is 153 Å². The number of para-hydroxylation sites is 3. The Hall–Kier alpha value is -6.98. The van der Waals surface area contributed by atoms with Gasteiger partial charge in [-0.25, -0.2) is 4.99 Å². The van der Waals surface area contributed by atoms with E-state index in [1.165, 1.54) is 49.6 Å². The number of benzene rings is 6. The molecule has 1 N–H and O–H groups in total. The molecule has 0 saturated carbocycles. The third kappa shape index (κ3) is 5.61. The van der Waals surface area contributed by atoms with Gasteiger partial charge in [0, 0.05) is 39.3 Å². The van der Waals surface area contributed by atoms with E-state index in [4.69, 9.17) is 9.98 Å². The van der Waals surface area contributed by atoms with E-state index in [1.807, 2.05) is 0 Å². The van der Waals surface area contributed by atoms with Crippen molar-refractivity contribution in [3.63, 3.8) is 0 Å². The van der Waals surface area contributed by atoms with Gasteiger partial charge in [0.25, 0.3) is 0 Å². The van der Waals surface area contributed by atoms with Crippen LogP contribution in [0.1, 0.15) is 65.2 Å². The predicted octanol–water partition coefficient (Wildman–Crippen LogP) is 12.2. The van der Waals surface area contributed by atoms with Crippen molar-refractivity contribution >= 4 is 50.6 Å². The Kier molecular flexibility index (Phi) is 7.99. The molecule has 2 aliphatic carbocycles. The summed E-state index contributed by atoms with van der Waals surface area (Å²) >= 11 is 0. The van der Waals surface area contributed by atoms with Crippen LogP contribution in [0.5, 0.6) is 0 Å². The summed E-state index contributed by atoms with van der Waals surface area (Å²) in [6.45, 7) is 2.38. The molecular weight excluding hydrogens is 695 g/mol. The molecule has 0 amide bonds. The zero-order valence-electron chi connectivity index (χ0n) is 31.7. The average Bonchev–Trinajstić information content (AvgIpc) is 3.80. The van der Waals surface area contributed by atoms with Crippen LogP contribution in [0.4, 0.5) is 0 Å². The van der Waals surface area contributed by atoms with Gasteiger partial charge in [0.15, 0.2) is 0 Å². The molecule has 3 heterocycles. The van der Waals surface area contributed by atoms with Crippen LogP contribution in [-0.4, -0.2) is 20.9 Å². The second kappa shape index (κ2) is 13.6. The number of aromatic nitrogens is 2.